The van der Waals surface area contributed by atoms with Crippen molar-refractivity contribution in [2.75, 3.05) is 34.4 Å². The molecule has 12 heavy (non-hydrogen) atoms. The minimum Gasteiger partial charge on any atom is -0.363 e. The molecule has 0 aliphatic carbocycles. The van der Waals surface area contributed by atoms with Crippen LogP contribution in [0.25, 0.3) is 0 Å². The summed E-state index contributed by atoms with van der Waals surface area (Å²) in [6.07, 6.45) is -0.151. The molecule has 5 nitrogen and oxygen atoms in total. The normalized spacial score (nSPS) is 32.2. The first-order chi connectivity index (χ1) is 5.83. The Morgan fingerprint density at radius 2 is 1.58 bits per heavy atom. The third kappa shape index (κ3) is 1.94. The van der Waals surface area contributed by atoms with E-state index in [0.717, 1.165) is 13.1 Å². The summed E-state index contributed by atoms with van der Waals surface area (Å²) in [7, 11) is 4.91. The number of piperazine rings is 1. The molecule has 1 N–H and O–H groups in total. The average molecular weight is 176 g/mol. The number of hydrogen-bond acceptors (Lipinski definition) is 5. The monoisotopic (exact) mass is 176 g/mol. The highest BCUT2D eigenvalue weighted by atomic mass is 16.7. The van der Waals surface area contributed by atoms with Gasteiger partial charge in [0, 0.05) is 27.3 Å². The van der Waals surface area contributed by atoms with Gasteiger partial charge in [-0.2, -0.15) is 0 Å². The maximum absolute atomic E-state index is 5.19. The van der Waals surface area contributed by atoms with Crippen LogP contribution in [0.3, 0.4) is 0 Å². The SMILES string of the molecule is COC1CNCC(OC)N1OC. The second-order valence-corrected chi connectivity index (χ2v) is 2.58. The molecule has 0 aromatic carbocycles. The van der Waals surface area contributed by atoms with E-state index < -0.39 is 0 Å². The molecule has 1 aliphatic rings. The highest BCUT2D eigenvalue weighted by Gasteiger charge is 2.30. The lowest BCUT2D eigenvalue weighted by atomic mass is 10.3. The molecule has 72 valence electrons. The van der Waals surface area contributed by atoms with Crippen molar-refractivity contribution in [3.63, 3.8) is 0 Å². The molecule has 1 fully saturated rings. The molecular formula is C7H16N2O3. The Labute approximate surface area is 72.5 Å². The molecule has 5 heteroatoms. The van der Waals surface area contributed by atoms with E-state index in [4.69, 9.17) is 14.3 Å². The summed E-state index contributed by atoms with van der Waals surface area (Å²) in [5.74, 6) is 0. The number of nitrogens with zero attached hydrogens (tertiary/aromatic N) is 1. The fourth-order valence-electron chi connectivity index (χ4n) is 1.31. The van der Waals surface area contributed by atoms with Gasteiger partial charge in [0.1, 0.15) is 12.5 Å². The summed E-state index contributed by atoms with van der Waals surface area (Å²) in [5, 5.41) is 4.88. The summed E-state index contributed by atoms with van der Waals surface area (Å²) in [4.78, 5) is 5.14. The van der Waals surface area contributed by atoms with Gasteiger partial charge in [-0.1, -0.05) is 0 Å². The van der Waals surface area contributed by atoms with E-state index in [0.29, 0.717) is 0 Å². The zero-order valence-electron chi connectivity index (χ0n) is 7.74. The van der Waals surface area contributed by atoms with Crippen molar-refractivity contribution in [2.24, 2.45) is 0 Å². The van der Waals surface area contributed by atoms with Gasteiger partial charge in [-0.3, -0.25) is 4.84 Å². The molecule has 0 aromatic rings. The molecule has 0 amide bonds. The zero-order chi connectivity index (χ0) is 8.97. The predicted molar refractivity (Wildman–Crippen MR) is 43.3 cm³/mol. The molecule has 2 atom stereocenters. The van der Waals surface area contributed by atoms with Gasteiger partial charge in [0.15, 0.2) is 0 Å². The maximum atomic E-state index is 5.19. The Balaban J connectivity index is 2.52. The average Bonchev–Trinajstić information content (AvgIpc) is 2.16. The van der Waals surface area contributed by atoms with Crippen LogP contribution >= 0.6 is 0 Å². The van der Waals surface area contributed by atoms with Gasteiger partial charge < -0.3 is 14.8 Å². The van der Waals surface area contributed by atoms with Crippen LogP contribution in [0, 0.1) is 0 Å². The smallest absolute Gasteiger partial charge is 0.148 e. The van der Waals surface area contributed by atoms with E-state index in [9.17, 15) is 0 Å². The molecule has 0 saturated carbocycles. The zero-order valence-corrected chi connectivity index (χ0v) is 7.74. The summed E-state index contributed by atoms with van der Waals surface area (Å²) in [6, 6.07) is 0. The highest BCUT2D eigenvalue weighted by Crippen LogP contribution is 2.10. The molecule has 0 spiro atoms. The van der Waals surface area contributed by atoms with Crippen LogP contribution < -0.4 is 5.32 Å². The van der Waals surface area contributed by atoms with Crippen LogP contribution in [0.15, 0.2) is 0 Å². The quantitative estimate of drug-likeness (QED) is 0.622. The van der Waals surface area contributed by atoms with Crippen molar-refractivity contribution in [1.29, 1.82) is 0 Å². The number of methoxy groups -OCH3 is 2. The number of hydroxylamine groups is 2. The van der Waals surface area contributed by atoms with Gasteiger partial charge in [-0.15, -0.1) is 5.06 Å². The Morgan fingerprint density at radius 1 is 1.08 bits per heavy atom. The fourth-order valence-corrected chi connectivity index (χ4v) is 1.31. The first kappa shape index (κ1) is 9.88. The molecule has 0 aromatic heterocycles. The van der Waals surface area contributed by atoms with Crippen molar-refractivity contribution >= 4 is 0 Å². The molecule has 0 bridgehead atoms. The van der Waals surface area contributed by atoms with Gasteiger partial charge in [-0.05, 0) is 0 Å². The summed E-state index contributed by atoms with van der Waals surface area (Å²) in [5.41, 5.74) is 0. The molecule has 1 rings (SSSR count). The number of hydrogen-bond donors (Lipinski definition) is 1. The van der Waals surface area contributed by atoms with Crippen molar-refractivity contribution in [1.82, 2.24) is 10.4 Å². The second-order valence-electron chi connectivity index (χ2n) is 2.58. The molecular weight excluding hydrogens is 160 g/mol. The second kappa shape index (κ2) is 4.74. The number of ether oxygens (including phenoxy) is 2. The standard InChI is InChI=1S/C7H16N2O3/c1-10-6-4-8-5-7(11-2)9(6)12-3/h6-8H,4-5H2,1-3H3. The third-order valence-corrected chi connectivity index (χ3v) is 1.96. The Bertz CT molecular complexity index is 122. The Morgan fingerprint density at radius 3 is 1.92 bits per heavy atom. The van der Waals surface area contributed by atoms with E-state index in [2.05, 4.69) is 5.32 Å². The largest absolute Gasteiger partial charge is 0.363 e. The predicted octanol–water partition coefficient (Wildman–Crippen LogP) is -0.602. The molecule has 1 aliphatic heterocycles. The van der Waals surface area contributed by atoms with Crippen LogP contribution in [0.5, 0.6) is 0 Å². The lowest BCUT2D eigenvalue weighted by Crippen LogP contribution is -2.58. The molecule has 1 saturated heterocycles. The van der Waals surface area contributed by atoms with Crippen molar-refractivity contribution in [3.8, 4) is 0 Å². The first-order valence-corrected chi connectivity index (χ1v) is 3.92. The van der Waals surface area contributed by atoms with E-state index in [-0.39, 0.29) is 12.5 Å². The molecule has 2 unspecified atom stereocenters. The van der Waals surface area contributed by atoms with Crippen LogP contribution in [0.1, 0.15) is 0 Å². The minimum atomic E-state index is -0.0753. The van der Waals surface area contributed by atoms with Crippen molar-refractivity contribution in [2.45, 2.75) is 12.5 Å². The van der Waals surface area contributed by atoms with Gasteiger partial charge in [0.25, 0.3) is 0 Å². The minimum absolute atomic E-state index is 0.0753. The maximum Gasteiger partial charge on any atom is 0.148 e. The van der Waals surface area contributed by atoms with Crippen LogP contribution in [-0.4, -0.2) is 51.9 Å². The van der Waals surface area contributed by atoms with Gasteiger partial charge >= 0.3 is 0 Å². The summed E-state index contributed by atoms with van der Waals surface area (Å²) in [6.45, 7) is 1.51. The Kier molecular flexibility index (Phi) is 3.90. The Hall–Kier alpha value is -0.200. The lowest BCUT2D eigenvalue weighted by Gasteiger charge is -2.38. The number of rotatable bonds is 3. The lowest BCUT2D eigenvalue weighted by molar-refractivity contribution is -0.306. The van der Waals surface area contributed by atoms with Crippen LogP contribution in [0.2, 0.25) is 0 Å². The van der Waals surface area contributed by atoms with Crippen molar-refractivity contribution in [3.05, 3.63) is 0 Å². The first-order valence-electron chi connectivity index (χ1n) is 3.92. The van der Waals surface area contributed by atoms with Gasteiger partial charge in [0.05, 0.1) is 7.11 Å². The van der Waals surface area contributed by atoms with Crippen LogP contribution in [0.4, 0.5) is 0 Å². The fraction of sp³-hybridized carbons (Fsp3) is 1.00. The van der Waals surface area contributed by atoms with Gasteiger partial charge in [0.2, 0.25) is 0 Å². The van der Waals surface area contributed by atoms with E-state index in [1.165, 1.54) is 0 Å². The third-order valence-electron chi connectivity index (χ3n) is 1.96. The van der Waals surface area contributed by atoms with E-state index >= 15 is 0 Å². The summed E-state index contributed by atoms with van der Waals surface area (Å²) >= 11 is 0. The van der Waals surface area contributed by atoms with Gasteiger partial charge in [-0.25, -0.2) is 0 Å². The van der Waals surface area contributed by atoms with Crippen molar-refractivity contribution < 1.29 is 14.3 Å². The van der Waals surface area contributed by atoms with E-state index in [1.54, 1.807) is 26.4 Å². The van der Waals surface area contributed by atoms with Crippen LogP contribution in [-0.2, 0) is 14.3 Å². The highest BCUT2D eigenvalue weighted by molar-refractivity contribution is 4.71. The topological polar surface area (TPSA) is 43.0 Å². The molecule has 1 heterocycles. The van der Waals surface area contributed by atoms with E-state index in [1.807, 2.05) is 0 Å². The molecule has 0 radical (unpaired) electrons. The summed E-state index contributed by atoms with van der Waals surface area (Å²) < 4.78 is 10.4. The number of nitrogens with one attached hydrogen (secondary N) is 1.